The number of likely N-dealkylation sites (N-methyl/N-ethyl adjacent to an activating group) is 1. The minimum Gasteiger partial charge on any atom is -0.496 e. The van der Waals surface area contributed by atoms with Gasteiger partial charge < -0.3 is 19.7 Å². The molecule has 6 heteroatoms. The van der Waals surface area contributed by atoms with Crippen molar-refractivity contribution in [3.05, 3.63) is 95.2 Å². The van der Waals surface area contributed by atoms with E-state index < -0.39 is 0 Å². The number of carbonyl (C=O) groups is 2. The van der Waals surface area contributed by atoms with Gasteiger partial charge in [-0.15, -0.1) is 0 Å². The summed E-state index contributed by atoms with van der Waals surface area (Å²) in [6.07, 6.45) is 1.67. The Hall–Kier alpha value is -4.06. The predicted octanol–water partition coefficient (Wildman–Crippen LogP) is 4.02. The van der Waals surface area contributed by atoms with Crippen molar-refractivity contribution in [2.75, 3.05) is 19.1 Å². The standard InChI is InChI=1S/C25H22N2O4/c1-27-20-8-4-6-10-22(20)31-23(25(27)29)15-17-11-13-18(14-12-17)24(28)26-16-19-7-3-5-9-21(19)30-2/h3-15H,16H2,1-2H3,(H,26,28)/b23-15+. The molecular formula is C25H22N2O4. The van der Waals surface area contributed by atoms with Gasteiger partial charge >= 0.3 is 0 Å². The van der Waals surface area contributed by atoms with E-state index in [1.54, 1.807) is 49.4 Å². The number of amides is 2. The molecule has 0 saturated heterocycles. The van der Waals surface area contributed by atoms with E-state index in [0.717, 1.165) is 22.6 Å². The third kappa shape index (κ3) is 4.28. The van der Waals surface area contributed by atoms with Crippen LogP contribution in [-0.2, 0) is 11.3 Å². The first-order chi connectivity index (χ1) is 15.1. The van der Waals surface area contributed by atoms with Crippen LogP contribution in [0.2, 0.25) is 0 Å². The first-order valence-corrected chi connectivity index (χ1v) is 9.83. The Kier molecular flexibility index (Phi) is 5.71. The summed E-state index contributed by atoms with van der Waals surface area (Å²) in [6.45, 7) is 0.364. The van der Waals surface area contributed by atoms with Gasteiger partial charge in [-0.25, -0.2) is 0 Å². The average molecular weight is 414 g/mol. The summed E-state index contributed by atoms with van der Waals surface area (Å²) in [5.74, 6) is 1.17. The second-order valence-corrected chi connectivity index (χ2v) is 7.06. The summed E-state index contributed by atoms with van der Waals surface area (Å²) < 4.78 is 11.1. The number of hydrogen-bond donors (Lipinski definition) is 1. The molecule has 0 bridgehead atoms. The van der Waals surface area contributed by atoms with Crippen molar-refractivity contribution in [2.24, 2.45) is 0 Å². The zero-order valence-corrected chi connectivity index (χ0v) is 17.3. The van der Waals surface area contributed by atoms with Crippen molar-refractivity contribution in [3.8, 4) is 11.5 Å². The topological polar surface area (TPSA) is 67.9 Å². The molecule has 1 N–H and O–H groups in total. The molecule has 0 spiro atoms. The van der Waals surface area contributed by atoms with E-state index in [-0.39, 0.29) is 17.6 Å². The molecule has 0 aromatic heterocycles. The molecule has 0 fully saturated rings. The lowest BCUT2D eigenvalue weighted by Crippen LogP contribution is -2.33. The number of hydrogen-bond acceptors (Lipinski definition) is 4. The minimum absolute atomic E-state index is 0.191. The molecule has 0 saturated carbocycles. The van der Waals surface area contributed by atoms with Crippen LogP contribution in [-0.4, -0.2) is 26.0 Å². The molecule has 1 aliphatic rings. The fraction of sp³-hybridized carbons (Fsp3) is 0.120. The fourth-order valence-electron chi connectivity index (χ4n) is 3.36. The van der Waals surface area contributed by atoms with Gasteiger partial charge in [0.2, 0.25) is 0 Å². The van der Waals surface area contributed by atoms with Gasteiger partial charge in [-0.05, 0) is 42.0 Å². The van der Waals surface area contributed by atoms with Crippen molar-refractivity contribution in [3.63, 3.8) is 0 Å². The maximum atomic E-state index is 12.6. The Labute approximate surface area is 180 Å². The molecule has 3 aromatic carbocycles. The molecule has 1 aliphatic heterocycles. The third-order valence-corrected chi connectivity index (χ3v) is 5.06. The van der Waals surface area contributed by atoms with Crippen molar-refractivity contribution >= 4 is 23.6 Å². The lowest BCUT2D eigenvalue weighted by atomic mass is 10.1. The summed E-state index contributed by atoms with van der Waals surface area (Å²) in [7, 11) is 3.32. The summed E-state index contributed by atoms with van der Waals surface area (Å²) in [5.41, 5.74) is 2.91. The molecule has 0 unspecified atom stereocenters. The predicted molar refractivity (Wildman–Crippen MR) is 119 cm³/mol. The summed E-state index contributed by atoms with van der Waals surface area (Å²) in [4.78, 5) is 26.7. The zero-order valence-electron chi connectivity index (χ0n) is 17.3. The Morgan fingerprint density at radius 2 is 1.74 bits per heavy atom. The summed E-state index contributed by atoms with van der Waals surface area (Å²) in [5, 5.41) is 2.89. The molecule has 0 aliphatic carbocycles. The van der Waals surface area contributed by atoms with E-state index in [9.17, 15) is 9.59 Å². The number of fused-ring (bicyclic) bond motifs is 1. The molecule has 156 valence electrons. The fourth-order valence-corrected chi connectivity index (χ4v) is 3.36. The quantitative estimate of drug-likeness (QED) is 0.641. The maximum Gasteiger partial charge on any atom is 0.293 e. The van der Waals surface area contributed by atoms with Gasteiger partial charge in [0.05, 0.1) is 12.8 Å². The van der Waals surface area contributed by atoms with Gasteiger partial charge in [0.1, 0.15) is 5.75 Å². The van der Waals surface area contributed by atoms with E-state index in [4.69, 9.17) is 9.47 Å². The third-order valence-electron chi connectivity index (χ3n) is 5.06. The van der Waals surface area contributed by atoms with Crippen molar-refractivity contribution in [1.29, 1.82) is 0 Å². The number of nitrogens with one attached hydrogen (secondary N) is 1. The van der Waals surface area contributed by atoms with Crippen LogP contribution in [0.1, 0.15) is 21.5 Å². The van der Waals surface area contributed by atoms with E-state index in [2.05, 4.69) is 5.32 Å². The van der Waals surface area contributed by atoms with Crippen molar-refractivity contribution in [2.45, 2.75) is 6.54 Å². The van der Waals surface area contributed by atoms with E-state index >= 15 is 0 Å². The van der Waals surface area contributed by atoms with Crippen LogP contribution in [0.5, 0.6) is 11.5 Å². The summed E-state index contributed by atoms with van der Waals surface area (Å²) in [6, 6.07) is 21.9. The smallest absolute Gasteiger partial charge is 0.293 e. The number of nitrogens with zero attached hydrogens (tertiary/aromatic N) is 1. The second kappa shape index (κ2) is 8.75. The number of methoxy groups -OCH3 is 1. The van der Waals surface area contributed by atoms with Crippen LogP contribution in [0.15, 0.2) is 78.6 Å². The van der Waals surface area contributed by atoms with Gasteiger partial charge in [-0.2, -0.15) is 0 Å². The van der Waals surface area contributed by atoms with Gasteiger partial charge in [-0.3, -0.25) is 9.59 Å². The number of para-hydroxylation sites is 3. The van der Waals surface area contributed by atoms with Gasteiger partial charge in [-0.1, -0.05) is 42.5 Å². The lowest BCUT2D eigenvalue weighted by Gasteiger charge is -2.27. The number of ether oxygens (including phenoxy) is 2. The largest absolute Gasteiger partial charge is 0.496 e. The zero-order chi connectivity index (χ0) is 21.8. The highest BCUT2D eigenvalue weighted by atomic mass is 16.5. The molecule has 3 aromatic rings. The van der Waals surface area contributed by atoms with Gasteiger partial charge in [0, 0.05) is 24.7 Å². The first-order valence-electron chi connectivity index (χ1n) is 9.83. The maximum absolute atomic E-state index is 12.6. The lowest BCUT2D eigenvalue weighted by molar-refractivity contribution is -0.117. The van der Waals surface area contributed by atoms with Crippen LogP contribution >= 0.6 is 0 Å². The van der Waals surface area contributed by atoms with E-state index in [1.807, 2.05) is 48.5 Å². The number of rotatable bonds is 5. The van der Waals surface area contributed by atoms with E-state index in [0.29, 0.717) is 17.9 Å². The van der Waals surface area contributed by atoms with Crippen LogP contribution in [0.3, 0.4) is 0 Å². The van der Waals surface area contributed by atoms with Crippen LogP contribution < -0.4 is 19.7 Å². The number of anilines is 1. The molecule has 31 heavy (non-hydrogen) atoms. The first kappa shape index (κ1) is 20.2. The van der Waals surface area contributed by atoms with E-state index in [1.165, 1.54) is 0 Å². The normalized spacial score (nSPS) is 14.1. The molecule has 1 heterocycles. The number of benzene rings is 3. The number of carbonyl (C=O) groups excluding carboxylic acids is 2. The van der Waals surface area contributed by atoms with Crippen LogP contribution in [0, 0.1) is 0 Å². The van der Waals surface area contributed by atoms with Gasteiger partial charge in [0.15, 0.2) is 11.5 Å². The van der Waals surface area contributed by atoms with Crippen molar-refractivity contribution in [1.82, 2.24) is 5.32 Å². The molecular weight excluding hydrogens is 392 g/mol. The molecule has 0 atom stereocenters. The Morgan fingerprint density at radius 3 is 2.52 bits per heavy atom. The van der Waals surface area contributed by atoms with Crippen molar-refractivity contribution < 1.29 is 19.1 Å². The SMILES string of the molecule is COc1ccccc1CNC(=O)c1ccc(/C=C2/Oc3ccccc3N(C)C2=O)cc1. The summed E-state index contributed by atoms with van der Waals surface area (Å²) >= 11 is 0. The average Bonchev–Trinajstić information content (AvgIpc) is 2.81. The highest BCUT2D eigenvalue weighted by Gasteiger charge is 2.27. The Balaban J connectivity index is 1.46. The monoisotopic (exact) mass is 414 g/mol. The second-order valence-electron chi connectivity index (χ2n) is 7.06. The highest BCUT2D eigenvalue weighted by Crippen LogP contribution is 2.34. The minimum atomic E-state index is -0.225. The molecule has 2 amide bonds. The molecule has 4 rings (SSSR count). The molecule has 6 nitrogen and oxygen atoms in total. The Bertz CT molecular complexity index is 1150. The Morgan fingerprint density at radius 1 is 1.03 bits per heavy atom. The van der Waals surface area contributed by atoms with Crippen LogP contribution in [0.25, 0.3) is 6.08 Å². The van der Waals surface area contributed by atoms with Crippen LogP contribution in [0.4, 0.5) is 5.69 Å². The highest BCUT2D eigenvalue weighted by molar-refractivity contribution is 6.09. The van der Waals surface area contributed by atoms with Gasteiger partial charge in [0.25, 0.3) is 11.8 Å². The molecule has 0 radical (unpaired) electrons.